The number of ether oxygens (including phenoxy) is 2. The summed E-state index contributed by atoms with van der Waals surface area (Å²) in [7, 11) is 0. The molecule has 0 radical (unpaired) electrons. The van der Waals surface area contributed by atoms with Crippen LogP contribution < -0.4 is 0 Å². The van der Waals surface area contributed by atoms with E-state index in [2.05, 4.69) is 11.3 Å². The van der Waals surface area contributed by atoms with Gasteiger partial charge in [0, 0.05) is 6.42 Å². The number of halogens is 5. The number of hydrogen-bond acceptors (Lipinski definition) is 3. The second-order valence-corrected chi connectivity index (χ2v) is 4.15. The zero-order chi connectivity index (χ0) is 15.3. The number of hydrogen-bond donors (Lipinski definition) is 0. The van der Waals surface area contributed by atoms with Crippen LogP contribution in [0.5, 0.6) is 0 Å². The van der Waals surface area contributed by atoms with E-state index in [0.29, 0.717) is 19.4 Å². The van der Waals surface area contributed by atoms with Crippen molar-refractivity contribution < 1.29 is 36.2 Å². The van der Waals surface area contributed by atoms with Gasteiger partial charge in [0.2, 0.25) is 12.1 Å². The molecule has 1 rings (SSSR count). The molecular formula is C12H13F5O3. The van der Waals surface area contributed by atoms with Crippen molar-refractivity contribution in [2.45, 2.75) is 31.5 Å². The largest absolute Gasteiger partial charge is 0.435 e. The van der Waals surface area contributed by atoms with Gasteiger partial charge in [-0.15, -0.1) is 6.58 Å². The average Bonchev–Trinajstić information content (AvgIpc) is 2.87. The van der Waals surface area contributed by atoms with Gasteiger partial charge in [-0.05, 0) is 12.8 Å². The third-order valence-electron chi connectivity index (χ3n) is 2.72. The maximum Gasteiger partial charge on any atom is 0.318 e. The molecule has 0 saturated carbocycles. The van der Waals surface area contributed by atoms with Crippen molar-refractivity contribution in [2.75, 3.05) is 6.61 Å². The molecule has 1 aliphatic rings. The molecule has 0 bridgehead atoms. The third-order valence-corrected chi connectivity index (χ3v) is 2.72. The fourth-order valence-corrected chi connectivity index (χ4v) is 1.69. The predicted octanol–water partition coefficient (Wildman–Crippen LogP) is 3.57. The van der Waals surface area contributed by atoms with E-state index < -0.39 is 42.4 Å². The van der Waals surface area contributed by atoms with Gasteiger partial charge in [0.15, 0.2) is 0 Å². The van der Waals surface area contributed by atoms with E-state index in [9.17, 15) is 26.7 Å². The van der Waals surface area contributed by atoms with Gasteiger partial charge in [-0.25, -0.2) is 0 Å². The molecule has 0 aromatic carbocycles. The first kappa shape index (κ1) is 16.6. The summed E-state index contributed by atoms with van der Waals surface area (Å²) in [5.41, 5.74) is 0. The number of allylic oxidation sites excluding steroid dienone is 2. The van der Waals surface area contributed by atoms with Crippen molar-refractivity contribution >= 4 is 5.97 Å². The van der Waals surface area contributed by atoms with Crippen LogP contribution in [-0.4, -0.2) is 24.8 Å². The van der Waals surface area contributed by atoms with Crippen LogP contribution in [0.15, 0.2) is 24.6 Å². The molecule has 2 atom stereocenters. The first-order valence-electron chi connectivity index (χ1n) is 5.82. The number of carbonyl (C=O) groups excluding carboxylic acids is 1. The Kier molecular flexibility index (Phi) is 5.67. The molecule has 1 heterocycles. The first-order valence-corrected chi connectivity index (χ1v) is 5.82. The Balaban J connectivity index is 2.88. The Morgan fingerprint density at radius 3 is 2.55 bits per heavy atom. The second kappa shape index (κ2) is 6.83. The number of carbonyl (C=O) groups is 1. The Bertz CT molecular complexity index is 398. The summed E-state index contributed by atoms with van der Waals surface area (Å²) in [5.74, 6) is -11.5. The molecule has 0 aromatic heterocycles. The molecule has 3 nitrogen and oxygen atoms in total. The van der Waals surface area contributed by atoms with Crippen LogP contribution in [0.3, 0.4) is 0 Å². The molecule has 8 heteroatoms. The van der Waals surface area contributed by atoms with E-state index in [0.717, 1.165) is 6.08 Å². The van der Waals surface area contributed by atoms with E-state index in [1.165, 1.54) is 0 Å². The Morgan fingerprint density at radius 1 is 1.45 bits per heavy atom. The monoisotopic (exact) mass is 300 g/mol. The van der Waals surface area contributed by atoms with E-state index in [1.807, 2.05) is 0 Å². The van der Waals surface area contributed by atoms with Gasteiger partial charge in [-0.1, -0.05) is 6.08 Å². The minimum atomic E-state index is -4.66. The van der Waals surface area contributed by atoms with E-state index in [4.69, 9.17) is 4.74 Å². The lowest BCUT2D eigenvalue weighted by atomic mass is 9.96. The minimum Gasteiger partial charge on any atom is -0.435 e. The Labute approximate surface area is 112 Å². The molecule has 1 saturated heterocycles. The second-order valence-electron chi connectivity index (χ2n) is 4.15. The molecule has 0 aromatic rings. The van der Waals surface area contributed by atoms with Gasteiger partial charge in [0.25, 0.3) is 0 Å². The van der Waals surface area contributed by atoms with E-state index in [1.54, 1.807) is 0 Å². The SMILES string of the molecule is C=CCC(C(=O)OC1CCCO1)C(F)(F)C(F)=C(F)F. The summed E-state index contributed by atoms with van der Waals surface area (Å²) in [5, 5.41) is 0. The minimum absolute atomic E-state index is 0.299. The van der Waals surface area contributed by atoms with E-state index in [-0.39, 0.29) is 0 Å². The zero-order valence-corrected chi connectivity index (χ0v) is 10.4. The average molecular weight is 300 g/mol. The van der Waals surface area contributed by atoms with Crippen molar-refractivity contribution in [3.63, 3.8) is 0 Å². The molecule has 0 amide bonds. The fourth-order valence-electron chi connectivity index (χ4n) is 1.69. The molecule has 114 valence electrons. The standard InChI is InChI=1S/C12H13F5O3/c1-2-4-7(12(16,17)9(13)10(14)15)11(18)20-8-5-3-6-19-8/h2,7-8H,1,3-6H2. The normalized spacial score (nSPS) is 20.4. The van der Waals surface area contributed by atoms with Gasteiger partial charge in [-0.3, -0.25) is 4.79 Å². The highest BCUT2D eigenvalue weighted by molar-refractivity contribution is 5.74. The quantitative estimate of drug-likeness (QED) is 0.427. The number of alkyl halides is 2. The Morgan fingerprint density at radius 2 is 2.10 bits per heavy atom. The summed E-state index contributed by atoms with van der Waals surface area (Å²) < 4.78 is 73.5. The van der Waals surface area contributed by atoms with Crippen LogP contribution in [0.1, 0.15) is 19.3 Å². The van der Waals surface area contributed by atoms with Crippen LogP contribution in [0, 0.1) is 5.92 Å². The van der Waals surface area contributed by atoms with Crippen molar-refractivity contribution in [3.8, 4) is 0 Å². The summed E-state index contributed by atoms with van der Waals surface area (Å²) in [4.78, 5) is 11.6. The van der Waals surface area contributed by atoms with Crippen LogP contribution in [0.4, 0.5) is 22.0 Å². The zero-order valence-electron chi connectivity index (χ0n) is 10.4. The van der Waals surface area contributed by atoms with E-state index >= 15 is 0 Å². The Hall–Kier alpha value is -1.44. The van der Waals surface area contributed by atoms with Crippen LogP contribution in [-0.2, 0) is 14.3 Å². The van der Waals surface area contributed by atoms with Gasteiger partial charge < -0.3 is 9.47 Å². The molecule has 0 spiro atoms. The van der Waals surface area contributed by atoms with Gasteiger partial charge in [-0.2, -0.15) is 22.0 Å². The first-order chi connectivity index (χ1) is 9.30. The lowest BCUT2D eigenvalue weighted by Gasteiger charge is -2.24. The van der Waals surface area contributed by atoms with Crippen molar-refractivity contribution in [1.82, 2.24) is 0 Å². The van der Waals surface area contributed by atoms with Crippen molar-refractivity contribution in [3.05, 3.63) is 24.6 Å². The maximum atomic E-state index is 13.5. The molecule has 2 unspecified atom stereocenters. The highest BCUT2D eigenvalue weighted by Gasteiger charge is 2.51. The van der Waals surface area contributed by atoms with Crippen molar-refractivity contribution in [2.24, 2.45) is 5.92 Å². The van der Waals surface area contributed by atoms with Crippen LogP contribution in [0.2, 0.25) is 0 Å². The summed E-state index contributed by atoms with van der Waals surface area (Å²) in [6.45, 7) is 3.43. The molecule has 1 aliphatic heterocycles. The third kappa shape index (κ3) is 3.78. The smallest absolute Gasteiger partial charge is 0.318 e. The fraction of sp³-hybridized carbons (Fsp3) is 0.583. The van der Waals surface area contributed by atoms with Crippen LogP contribution in [0.25, 0.3) is 0 Å². The number of rotatable bonds is 6. The molecule has 1 fully saturated rings. The van der Waals surface area contributed by atoms with Crippen LogP contribution >= 0.6 is 0 Å². The summed E-state index contributed by atoms with van der Waals surface area (Å²) in [6, 6.07) is 0. The van der Waals surface area contributed by atoms with Gasteiger partial charge in [0.1, 0.15) is 5.92 Å². The lowest BCUT2D eigenvalue weighted by molar-refractivity contribution is -0.185. The molecular weight excluding hydrogens is 287 g/mol. The lowest BCUT2D eigenvalue weighted by Crippen LogP contribution is -2.38. The van der Waals surface area contributed by atoms with Gasteiger partial charge >= 0.3 is 18.0 Å². The molecule has 0 N–H and O–H groups in total. The highest BCUT2D eigenvalue weighted by atomic mass is 19.3. The summed E-state index contributed by atoms with van der Waals surface area (Å²) >= 11 is 0. The maximum absolute atomic E-state index is 13.5. The summed E-state index contributed by atoms with van der Waals surface area (Å²) in [6.07, 6.45) is -3.10. The predicted molar refractivity (Wildman–Crippen MR) is 58.7 cm³/mol. The number of esters is 1. The van der Waals surface area contributed by atoms with Crippen molar-refractivity contribution in [1.29, 1.82) is 0 Å². The topological polar surface area (TPSA) is 35.5 Å². The molecule has 20 heavy (non-hydrogen) atoms. The molecule has 0 aliphatic carbocycles. The highest BCUT2D eigenvalue weighted by Crippen LogP contribution is 2.39. The van der Waals surface area contributed by atoms with Gasteiger partial charge in [0.05, 0.1) is 6.61 Å².